The third-order valence-corrected chi connectivity index (χ3v) is 5.20. The zero-order chi connectivity index (χ0) is 18.2. The van der Waals surface area contributed by atoms with Crippen molar-refractivity contribution in [1.82, 2.24) is 4.90 Å². The highest BCUT2D eigenvalue weighted by Gasteiger charge is 2.22. The maximum Gasteiger partial charge on any atom is 0.103 e. The molecule has 1 aliphatic rings. The van der Waals surface area contributed by atoms with Crippen molar-refractivity contribution in [2.45, 2.75) is 116 Å². The van der Waals surface area contributed by atoms with Crippen molar-refractivity contribution in [1.29, 1.82) is 0 Å². The fourth-order valence-electron chi connectivity index (χ4n) is 3.55. The lowest BCUT2D eigenvalue weighted by Gasteiger charge is -2.26. The number of nitrogens with zero attached hydrogens (tertiary/aromatic N) is 2. The number of allylic oxidation sites excluding steroid dienone is 2. The first-order chi connectivity index (χ1) is 12.3. The molecule has 0 aromatic heterocycles. The Balaban J connectivity index is 1.83. The molecule has 1 aliphatic heterocycles. The van der Waals surface area contributed by atoms with Gasteiger partial charge in [0, 0.05) is 12.8 Å². The topological polar surface area (TPSA) is 41.6 Å². The SMILES string of the molecule is CCCCCCCCC/C=C/CCCCCCC1N=CCN1C(C)N. The van der Waals surface area contributed by atoms with Crippen molar-refractivity contribution in [2.24, 2.45) is 10.7 Å². The van der Waals surface area contributed by atoms with E-state index in [2.05, 4.69) is 35.9 Å². The Kier molecular flexibility index (Phi) is 13.9. The molecule has 3 nitrogen and oxygen atoms in total. The molecule has 0 bridgehead atoms. The van der Waals surface area contributed by atoms with Crippen LogP contribution in [0.2, 0.25) is 0 Å². The minimum atomic E-state index is 0.119. The second-order valence-corrected chi connectivity index (χ2v) is 7.62. The molecule has 1 rings (SSSR count). The van der Waals surface area contributed by atoms with E-state index in [4.69, 9.17) is 5.73 Å². The maximum absolute atomic E-state index is 5.98. The van der Waals surface area contributed by atoms with Crippen molar-refractivity contribution >= 4 is 6.21 Å². The molecule has 0 saturated carbocycles. The summed E-state index contributed by atoms with van der Waals surface area (Å²) in [7, 11) is 0. The fourth-order valence-corrected chi connectivity index (χ4v) is 3.55. The number of hydrogen-bond acceptors (Lipinski definition) is 3. The van der Waals surface area contributed by atoms with Gasteiger partial charge in [0.15, 0.2) is 0 Å². The molecule has 0 amide bonds. The van der Waals surface area contributed by atoms with E-state index in [-0.39, 0.29) is 6.17 Å². The molecule has 1 heterocycles. The van der Waals surface area contributed by atoms with E-state index in [0.717, 1.165) is 13.0 Å². The van der Waals surface area contributed by atoms with E-state index in [0.29, 0.717) is 6.17 Å². The van der Waals surface area contributed by atoms with E-state index in [9.17, 15) is 0 Å². The molecule has 0 aromatic rings. The fraction of sp³-hybridized carbons (Fsp3) is 0.864. The quantitative estimate of drug-likeness (QED) is 0.272. The Morgan fingerprint density at radius 3 is 2.12 bits per heavy atom. The van der Waals surface area contributed by atoms with Crippen molar-refractivity contribution in [3.8, 4) is 0 Å². The second kappa shape index (κ2) is 15.6. The molecule has 0 aliphatic carbocycles. The number of aliphatic imine (C=N–C) groups is 1. The van der Waals surface area contributed by atoms with Crippen molar-refractivity contribution in [3.05, 3.63) is 12.2 Å². The molecule has 0 radical (unpaired) electrons. The first-order valence-corrected chi connectivity index (χ1v) is 10.9. The van der Waals surface area contributed by atoms with Gasteiger partial charge in [0.1, 0.15) is 6.17 Å². The lowest BCUT2D eigenvalue weighted by molar-refractivity contribution is 0.182. The predicted molar refractivity (Wildman–Crippen MR) is 112 cm³/mol. The average Bonchev–Trinajstić information content (AvgIpc) is 3.07. The molecule has 3 heteroatoms. The summed E-state index contributed by atoms with van der Waals surface area (Å²) >= 11 is 0. The third-order valence-electron chi connectivity index (χ3n) is 5.20. The van der Waals surface area contributed by atoms with Crippen LogP contribution in [0.4, 0.5) is 0 Å². The molecule has 2 unspecified atom stereocenters. The van der Waals surface area contributed by atoms with Crippen LogP contribution in [0.3, 0.4) is 0 Å². The van der Waals surface area contributed by atoms with Gasteiger partial charge in [-0.15, -0.1) is 0 Å². The number of rotatable bonds is 16. The molecule has 2 N–H and O–H groups in total. The Morgan fingerprint density at radius 2 is 1.52 bits per heavy atom. The average molecular weight is 350 g/mol. The normalized spacial score (nSPS) is 19.2. The highest BCUT2D eigenvalue weighted by Crippen LogP contribution is 2.17. The summed E-state index contributed by atoms with van der Waals surface area (Å²) in [4.78, 5) is 6.84. The molecule has 2 atom stereocenters. The van der Waals surface area contributed by atoms with Gasteiger partial charge in [-0.25, -0.2) is 0 Å². The Morgan fingerprint density at radius 1 is 0.960 bits per heavy atom. The van der Waals surface area contributed by atoms with Gasteiger partial charge in [-0.2, -0.15) is 0 Å². The number of nitrogens with two attached hydrogens (primary N) is 1. The minimum absolute atomic E-state index is 0.119. The minimum Gasteiger partial charge on any atom is -0.316 e. The van der Waals surface area contributed by atoms with Crippen LogP contribution < -0.4 is 5.73 Å². The number of unbranched alkanes of at least 4 members (excludes halogenated alkanes) is 11. The summed E-state index contributed by atoms with van der Waals surface area (Å²) in [6.07, 6.45) is 26.1. The van der Waals surface area contributed by atoms with Gasteiger partial charge in [0.05, 0.1) is 6.17 Å². The lowest BCUT2D eigenvalue weighted by atomic mass is 10.1. The number of hydrogen-bond donors (Lipinski definition) is 1. The summed E-state index contributed by atoms with van der Waals surface area (Å²) in [5, 5.41) is 0. The Labute approximate surface area is 157 Å². The molecule has 0 aromatic carbocycles. The second-order valence-electron chi connectivity index (χ2n) is 7.62. The van der Waals surface area contributed by atoms with Crippen LogP contribution in [0.5, 0.6) is 0 Å². The lowest BCUT2D eigenvalue weighted by Crippen LogP contribution is -2.43. The van der Waals surface area contributed by atoms with Crippen molar-refractivity contribution in [3.63, 3.8) is 0 Å². The van der Waals surface area contributed by atoms with E-state index in [1.54, 1.807) is 0 Å². The molecule has 0 fully saturated rings. The maximum atomic E-state index is 5.98. The van der Waals surface area contributed by atoms with E-state index in [1.807, 2.05) is 6.21 Å². The highest BCUT2D eigenvalue weighted by atomic mass is 15.3. The van der Waals surface area contributed by atoms with Gasteiger partial charge >= 0.3 is 0 Å². The van der Waals surface area contributed by atoms with Crippen molar-refractivity contribution < 1.29 is 0 Å². The molecule has 146 valence electrons. The summed E-state index contributed by atoms with van der Waals surface area (Å²) in [5.74, 6) is 0. The first kappa shape index (κ1) is 22.4. The summed E-state index contributed by atoms with van der Waals surface area (Å²) < 4.78 is 0. The first-order valence-electron chi connectivity index (χ1n) is 10.9. The van der Waals surface area contributed by atoms with Gasteiger partial charge in [0.25, 0.3) is 0 Å². The standard InChI is InChI=1S/C22H43N3/c1-3-4-5-6-7-8-9-10-11-12-13-14-15-16-17-18-22-24-19-20-25(22)21(2)23/h11-12,19,21-22H,3-10,13-18,20,23H2,1-2H3/b12-11+. The molecular weight excluding hydrogens is 306 g/mol. The van der Waals surface area contributed by atoms with Crippen LogP contribution in [0.1, 0.15) is 104 Å². The highest BCUT2D eigenvalue weighted by molar-refractivity contribution is 5.62. The third kappa shape index (κ3) is 11.5. The van der Waals surface area contributed by atoms with Crippen LogP contribution in [0.25, 0.3) is 0 Å². The van der Waals surface area contributed by atoms with Gasteiger partial charge in [0.2, 0.25) is 0 Å². The van der Waals surface area contributed by atoms with Gasteiger partial charge in [-0.1, -0.05) is 70.4 Å². The Bertz CT molecular complexity index is 349. The predicted octanol–water partition coefficient (Wildman–Crippen LogP) is 6.04. The Hall–Kier alpha value is -0.670. The van der Waals surface area contributed by atoms with Gasteiger partial charge < -0.3 is 5.73 Å². The van der Waals surface area contributed by atoms with E-state index >= 15 is 0 Å². The molecule has 0 saturated heterocycles. The molecule has 25 heavy (non-hydrogen) atoms. The van der Waals surface area contributed by atoms with Crippen LogP contribution in [0.15, 0.2) is 17.1 Å². The summed E-state index contributed by atoms with van der Waals surface area (Å²) in [6.45, 7) is 5.26. The smallest absolute Gasteiger partial charge is 0.103 e. The van der Waals surface area contributed by atoms with Crippen molar-refractivity contribution in [2.75, 3.05) is 6.54 Å². The zero-order valence-corrected chi connectivity index (χ0v) is 17.0. The van der Waals surface area contributed by atoms with Crippen LogP contribution in [-0.4, -0.2) is 30.0 Å². The molecular formula is C22H43N3. The largest absolute Gasteiger partial charge is 0.316 e. The van der Waals surface area contributed by atoms with Crippen LogP contribution in [0, 0.1) is 0 Å². The zero-order valence-electron chi connectivity index (χ0n) is 17.0. The monoisotopic (exact) mass is 349 g/mol. The van der Waals surface area contributed by atoms with E-state index < -0.39 is 0 Å². The van der Waals surface area contributed by atoms with Gasteiger partial charge in [-0.3, -0.25) is 9.89 Å². The summed E-state index contributed by atoms with van der Waals surface area (Å²) in [5.41, 5.74) is 5.98. The molecule has 0 spiro atoms. The van der Waals surface area contributed by atoms with Crippen LogP contribution in [-0.2, 0) is 0 Å². The van der Waals surface area contributed by atoms with Crippen LogP contribution >= 0.6 is 0 Å². The van der Waals surface area contributed by atoms with E-state index in [1.165, 1.54) is 83.5 Å². The summed E-state index contributed by atoms with van der Waals surface area (Å²) in [6, 6.07) is 0. The van der Waals surface area contributed by atoms with Gasteiger partial charge in [-0.05, 0) is 45.4 Å².